The van der Waals surface area contributed by atoms with Gasteiger partial charge >= 0.3 is 11.9 Å². The van der Waals surface area contributed by atoms with E-state index < -0.39 is 11.9 Å². The summed E-state index contributed by atoms with van der Waals surface area (Å²) in [5.74, 6) is -0.832. The molecule has 27 heavy (non-hydrogen) atoms. The minimum Gasteiger partial charge on any atom is -0.477 e. The lowest BCUT2D eigenvalue weighted by Gasteiger charge is -2.14. The van der Waals surface area contributed by atoms with Gasteiger partial charge < -0.3 is 24.3 Å². The highest BCUT2D eigenvalue weighted by Crippen LogP contribution is 2.29. The number of carbonyl (C=O) groups is 2. The fourth-order valence-electron chi connectivity index (χ4n) is 3.05. The molecule has 1 unspecified atom stereocenters. The van der Waals surface area contributed by atoms with Crippen molar-refractivity contribution in [3.63, 3.8) is 0 Å². The van der Waals surface area contributed by atoms with Gasteiger partial charge in [-0.05, 0) is 0 Å². The summed E-state index contributed by atoms with van der Waals surface area (Å²) in [6, 6.07) is 1.83. The summed E-state index contributed by atoms with van der Waals surface area (Å²) >= 11 is 1.23. The second-order valence-electron chi connectivity index (χ2n) is 6.06. The van der Waals surface area contributed by atoms with Crippen LogP contribution in [0.3, 0.4) is 0 Å². The second kappa shape index (κ2) is 7.12. The lowest BCUT2D eigenvalue weighted by atomic mass is 10.1. The number of rotatable bonds is 4. The molecule has 0 spiro atoms. The fraction of sp³-hybridized carbons (Fsp3) is 0.353. The minimum absolute atomic E-state index is 0.00317. The number of carboxylic acid groups (broad SMARTS) is 1. The number of aromatic nitrogens is 2. The summed E-state index contributed by atoms with van der Waals surface area (Å²) in [7, 11) is 1.29. The van der Waals surface area contributed by atoms with Gasteiger partial charge in [-0.2, -0.15) is 5.10 Å². The summed E-state index contributed by atoms with van der Waals surface area (Å²) in [6.45, 7) is 1.06. The van der Waals surface area contributed by atoms with E-state index in [9.17, 15) is 14.7 Å². The maximum atomic E-state index is 12.1. The Labute approximate surface area is 158 Å². The van der Waals surface area contributed by atoms with Crippen LogP contribution in [0.5, 0.6) is 0 Å². The van der Waals surface area contributed by atoms with Gasteiger partial charge in [-0.25, -0.2) is 14.1 Å². The van der Waals surface area contributed by atoms with Crippen molar-refractivity contribution in [3.05, 3.63) is 46.1 Å². The highest BCUT2D eigenvalue weighted by atomic mass is 32.2. The number of hydrogen-bond acceptors (Lipinski definition) is 8. The quantitative estimate of drug-likeness (QED) is 0.743. The Kier molecular flexibility index (Phi) is 4.66. The molecule has 2 aromatic heterocycles. The van der Waals surface area contributed by atoms with E-state index in [1.165, 1.54) is 30.5 Å². The fourth-order valence-corrected chi connectivity index (χ4v) is 4.09. The number of esters is 1. The number of thioether (sulfide) groups is 1. The number of ether oxygens (including phenoxy) is 2. The molecular formula is C17H17N3O6S. The first-order valence-electron chi connectivity index (χ1n) is 8.27. The molecule has 4 rings (SSSR count). The molecule has 0 radical (unpaired) electrons. The summed E-state index contributed by atoms with van der Waals surface area (Å²) in [4.78, 5) is 23.3. The zero-order chi connectivity index (χ0) is 19.0. The standard InChI is InChI=1S/C17H17N3O6S/c1-24-17(23)10-6-18-11(16(21)22)8-27-14(10)4-9-5-15-20(19-9)12-2-3-25-7-13(12)26-15/h5-6,8,14,18H,2-4,7H2,1H3,(H,21,22). The average molecular weight is 391 g/mol. The van der Waals surface area contributed by atoms with Crippen LogP contribution in [-0.2, 0) is 38.5 Å². The van der Waals surface area contributed by atoms with Crippen LogP contribution >= 0.6 is 11.8 Å². The minimum atomic E-state index is -1.10. The van der Waals surface area contributed by atoms with Gasteiger partial charge in [0.15, 0.2) is 5.76 Å². The Hall–Kier alpha value is -2.72. The molecule has 10 heteroatoms. The van der Waals surface area contributed by atoms with Crippen molar-refractivity contribution in [1.82, 2.24) is 14.9 Å². The molecule has 4 heterocycles. The number of nitrogens with zero attached hydrogens (tertiary/aromatic N) is 2. The van der Waals surface area contributed by atoms with Crippen molar-refractivity contribution in [2.75, 3.05) is 13.7 Å². The van der Waals surface area contributed by atoms with Crippen molar-refractivity contribution in [2.45, 2.75) is 24.7 Å². The summed E-state index contributed by atoms with van der Waals surface area (Å²) in [6.07, 6.45) is 2.53. The van der Waals surface area contributed by atoms with Crippen LogP contribution in [0, 0.1) is 0 Å². The van der Waals surface area contributed by atoms with Gasteiger partial charge in [-0.3, -0.25) is 0 Å². The van der Waals surface area contributed by atoms with Crippen molar-refractivity contribution in [3.8, 4) is 0 Å². The van der Waals surface area contributed by atoms with Crippen molar-refractivity contribution < 1.29 is 28.6 Å². The largest absolute Gasteiger partial charge is 0.477 e. The monoisotopic (exact) mass is 391 g/mol. The molecule has 0 aliphatic carbocycles. The molecule has 0 amide bonds. The SMILES string of the molecule is COC(=O)C1=CNC(C(=O)O)=CSC1Cc1cc2oc3c(n2n1)CCOC3. The first-order valence-corrected chi connectivity index (χ1v) is 9.22. The van der Waals surface area contributed by atoms with E-state index in [-0.39, 0.29) is 10.9 Å². The molecule has 9 nitrogen and oxygen atoms in total. The molecule has 2 aliphatic rings. The van der Waals surface area contributed by atoms with Crippen LogP contribution in [0.1, 0.15) is 17.1 Å². The number of carboxylic acids is 1. The average Bonchev–Trinajstić information content (AvgIpc) is 3.11. The number of hydrogen-bond donors (Lipinski definition) is 2. The third kappa shape index (κ3) is 3.33. The summed E-state index contributed by atoms with van der Waals surface area (Å²) < 4.78 is 17.8. The Morgan fingerprint density at radius 2 is 2.37 bits per heavy atom. The Morgan fingerprint density at radius 1 is 1.52 bits per heavy atom. The van der Waals surface area contributed by atoms with Gasteiger partial charge in [0.05, 0.1) is 30.7 Å². The van der Waals surface area contributed by atoms with Gasteiger partial charge in [-0.15, -0.1) is 11.8 Å². The van der Waals surface area contributed by atoms with Crippen LogP contribution < -0.4 is 5.32 Å². The predicted molar refractivity (Wildman–Crippen MR) is 94.9 cm³/mol. The molecule has 0 saturated heterocycles. The van der Waals surface area contributed by atoms with Crippen LogP contribution in [-0.4, -0.2) is 45.6 Å². The lowest BCUT2D eigenvalue weighted by molar-refractivity contribution is -0.136. The van der Waals surface area contributed by atoms with E-state index in [2.05, 4.69) is 10.4 Å². The van der Waals surface area contributed by atoms with Crippen molar-refractivity contribution in [1.29, 1.82) is 0 Å². The number of carbonyl (C=O) groups excluding carboxylic acids is 1. The summed E-state index contributed by atoms with van der Waals surface area (Å²) in [5.41, 5.74) is 2.70. The molecule has 1 atom stereocenters. The number of oxazole rings is 1. The van der Waals surface area contributed by atoms with Crippen LogP contribution in [0.15, 0.2) is 33.4 Å². The third-order valence-corrected chi connectivity index (χ3v) is 5.50. The van der Waals surface area contributed by atoms with Crippen molar-refractivity contribution in [2.24, 2.45) is 0 Å². The van der Waals surface area contributed by atoms with Gasteiger partial charge in [0.2, 0.25) is 5.71 Å². The first-order chi connectivity index (χ1) is 13.1. The smallest absolute Gasteiger partial charge is 0.352 e. The number of nitrogens with one attached hydrogen (secondary N) is 1. The van der Waals surface area contributed by atoms with E-state index in [0.29, 0.717) is 30.9 Å². The molecule has 0 saturated carbocycles. The van der Waals surface area contributed by atoms with E-state index >= 15 is 0 Å². The highest BCUT2D eigenvalue weighted by molar-refractivity contribution is 8.03. The molecular weight excluding hydrogens is 374 g/mol. The van der Waals surface area contributed by atoms with Crippen LogP contribution in [0.25, 0.3) is 5.71 Å². The first kappa shape index (κ1) is 17.7. The number of aliphatic carboxylic acids is 1. The zero-order valence-corrected chi connectivity index (χ0v) is 15.2. The van der Waals surface area contributed by atoms with E-state index in [1.807, 2.05) is 6.07 Å². The molecule has 142 valence electrons. The molecule has 0 bridgehead atoms. The van der Waals surface area contributed by atoms with E-state index in [0.717, 1.165) is 23.6 Å². The van der Waals surface area contributed by atoms with E-state index in [1.54, 1.807) is 4.52 Å². The number of fused-ring (bicyclic) bond motifs is 3. The molecule has 0 aromatic carbocycles. The van der Waals surface area contributed by atoms with E-state index in [4.69, 9.17) is 13.9 Å². The Bertz CT molecular complexity index is 973. The van der Waals surface area contributed by atoms with Gasteiger partial charge in [0.1, 0.15) is 12.3 Å². The highest BCUT2D eigenvalue weighted by Gasteiger charge is 2.27. The number of methoxy groups -OCH3 is 1. The maximum absolute atomic E-state index is 12.1. The van der Waals surface area contributed by atoms with Crippen LogP contribution in [0.2, 0.25) is 0 Å². The topological polar surface area (TPSA) is 115 Å². The van der Waals surface area contributed by atoms with Crippen molar-refractivity contribution >= 4 is 29.4 Å². The Morgan fingerprint density at radius 3 is 3.15 bits per heavy atom. The Balaban J connectivity index is 1.62. The van der Waals surface area contributed by atoms with Gasteiger partial charge in [0.25, 0.3) is 0 Å². The maximum Gasteiger partial charge on any atom is 0.352 e. The zero-order valence-electron chi connectivity index (χ0n) is 14.4. The lowest BCUT2D eigenvalue weighted by Crippen LogP contribution is -2.21. The molecule has 0 fully saturated rings. The second-order valence-corrected chi connectivity index (χ2v) is 7.14. The predicted octanol–water partition coefficient (Wildman–Crippen LogP) is 1.23. The molecule has 2 aromatic rings. The summed E-state index contributed by atoms with van der Waals surface area (Å²) in [5, 5.41) is 17.6. The molecule has 2 aliphatic heterocycles. The third-order valence-electron chi connectivity index (χ3n) is 4.38. The molecule has 2 N–H and O–H groups in total. The van der Waals surface area contributed by atoms with Gasteiger partial charge in [-0.1, -0.05) is 0 Å². The van der Waals surface area contributed by atoms with Gasteiger partial charge in [0, 0.05) is 35.8 Å². The van der Waals surface area contributed by atoms with Crippen LogP contribution in [0.4, 0.5) is 0 Å². The normalized spacial score (nSPS) is 19.5.